The summed E-state index contributed by atoms with van der Waals surface area (Å²) < 4.78 is 0. The van der Waals surface area contributed by atoms with Crippen molar-refractivity contribution >= 4 is 52.3 Å². The second-order valence-corrected chi connectivity index (χ2v) is 4.79. The van der Waals surface area contributed by atoms with Crippen molar-refractivity contribution in [1.82, 2.24) is 5.32 Å². The van der Waals surface area contributed by atoms with E-state index in [1.807, 2.05) is 0 Å². The molecule has 15 heavy (non-hydrogen) atoms. The minimum Gasteiger partial charge on any atom is -0.333 e. The average molecular weight is 287 g/mol. The molecule has 0 aliphatic rings. The van der Waals surface area contributed by atoms with E-state index in [-0.39, 0.29) is 5.91 Å². The van der Waals surface area contributed by atoms with E-state index in [1.165, 1.54) is 0 Å². The van der Waals surface area contributed by atoms with Gasteiger partial charge in [-0.25, -0.2) is 0 Å². The van der Waals surface area contributed by atoms with E-state index < -0.39 is 10.3 Å². The van der Waals surface area contributed by atoms with Crippen molar-refractivity contribution in [3.63, 3.8) is 0 Å². The summed E-state index contributed by atoms with van der Waals surface area (Å²) >= 11 is 22.3. The molecule has 0 bridgehead atoms. The van der Waals surface area contributed by atoms with Gasteiger partial charge in [0, 0.05) is 10.6 Å². The molecule has 1 unspecified atom stereocenters. The van der Waals surface area contributed by atoms with Gasteiger partial charge in [0.25, 0.3) is 5.91 Å². The van der Waals surface area contributed by atoms with Gasteiger partial charge in [-0.1, -0.05) is 23.2 Å². The first-order chi connectivity index (χ1) is 7.00. The van der Waals surface area contributed by atoms with Crippen LogP contribution in [0.1, 0.15) is 10.4 Å². The maximum absolute atomic E-state index is 11.5. The number of nitrogens with one attached hydrogen (secondary N) is 1. The summed E-state index contributed by atoms with van der Waals surface area (Å²) in [4.78, 5) is 10.7. The first-order valence-electron chi connectivity index (χ1n) is 3.99. The van der Waals surface area contributed by atoms with Gasteiger partial charge in [-0.3, -0.25) is 4.79 Å². The number of hydrogen-bond donors (Lipinski definition) is 1. The number of carbonyl (C=O) groups excluding carboxylic acids is 1. The quantitative estimate of drug-likeness (QED) is 0.669. The van der Waals surface area contributed by atoms with E-state index in [0.29, 0.717) is 10.6 Å². The Morgan fingerprint density at radius 2 is 1.67 bits per heavy atom. The Morgan fingerprint density at radius 3 is 2.13 bits per heavy atom. The second-order valence-electron chi connectivity index (χ2n) is 2.72. The summed E-state index contributed by atoms with van der Waals surface area (Å²) in [6.07, 6.45) is 0. The van der Waals surface area contributed by atoms with E-state index in [2.05, 4.69) is 5.32 Å². The predicted octanol–water partition coefficient (Wildman–Crippen LogP) is 3.44. The Bertz CT molecular complexity index is 338. The number of alkyl halides is 3. The van der Waals surface area contributed by atoms with Gasteiger partial charge in [0.1, 0.15) is 10.3 Å². The molecule has 1 N–H and O–H groups in total. The van der Waals surface area contributed by atoms with E-state index in [1.54, 1.807) is 24.3 Å². The molecule has 0 spiro atoms. The number of hydrogen-bond acceptors (Lipinski definition) is 1. The fraction of sp³-hybridized carbons (Fsp3) is 0.222. The Kier molecular flexibility index (Phi) is 5.00. The standard InChI is InChI=1S/C9H7Cl4NO/c10-6-3-1-5(2-4-6)9(15)14-8(13)7(11)12/h1-4,7-8H,(H,14,15). The highest BCUT2D eigenvalue weighted by Gasteiger charge is 2.16. The fourth-order valence-corrected chi connectivity index (χ4v) is 1.22. The van der Waals surface area contributed by atoms with Crippen LogP contribution in [0, 0.1) is 0 Å². The first-order valence-corrected chi connectivity index (χ1v) is 5.68. The molecule has 0 aliphatic carbocycles. The zero-order valence-electron chi connectivity index (χ0n) is 7.38. The van der Waals surface area contributed by atoms with Crippen molar-refractivity contribution in [1.29, 1.82) is 0 Å². The van der Waals surface area contributed by atoms with Crippen molar-refractivity contribution in [3.8, 4) is 0 Å². The molecule has 1 aromatic rings. The molecule has 0 fully saturated rings. The molecule has 1 amide bonds. The summed E-state index contributed by atoms with van der Waals surface area (Å²) in [5.41, 5.74) is -0.379. The van der Waals surface area contributed by atoms with Crippen LogP contribution in [0.15, 0.2) is 24.3 Å². The molecule has 6 heteroatoms. The van der Waals surface area contributed by atoms with Crippen LogP contribution in [0.3, 0.4) is 0 Å². The van der Waals surface area contributed by atoms with Gasteiger partial charge < -0.3 is 5.32 Å². The molecule has 0 aliphatic heterocycles. The first kappa shape index (κ1) is 12.9. The van der Waals surface area contributed by atoms with Crippen LogP contribution in [0.5, 0.6) is 0 Å². The topological polar surface area (TPSA) is 29.1 Å². The van der Waals surface area contributed by atoms with Crippen molar-refractivity contribution in [2.75, 3.05) is 0 Å². The minimum atomic E-state index is -0.858. The van der Waals surface area contributed by atoms with Crippen LogP contribution in [-0.2, 0) is 0 Å². The van der Waals surface area contributed by atoms with Gasteiger partial charge in [0.05, 0.1) is 0 Å². The van der Waals surface area contributed by atoms with Gasteiger partial charge in [-0.15, -0.1) is 23.2 Å². The SMILES string of the molecule is O=C(NC(Cl)C(Cl)Cl)c1ccc(Cl)cc1. The number of benzene rings is 1. The van der Waals surface area contributed by atoms with Gasteiger partial charge in [0.2, 0.25) is 0 Å². The molecule has 0 saturated carbocycles. The monoisotopic (exact) mass is 285 g/mol. The lowest BCUT2D eigenvalue weighted by atomic mass is 10.2. The maximum atomic E-state index is 11.5. The van der Waals surface area contributed by atoms with Crippen LogP contribution >= 0.6 is 46.4 Å². The summed E-state index contributed by atoms with van der Waals surface area (Å²) in [5.74, 6) is -0.349. The number of carbonyl (C=O) groups is 1. The Morgan fingerprint density at radius 1 is 1.13 bits per heavy atom. The third-order valence-electron chi connectivity index (χ3n) is 1.60. The van der Waals surface area contributed by atoms with Crippen LogP contribution < -0.4 is 5.32 Å². The molecule has 0 aromatic heterocycles. The molecule has 2 nitrogen and oxygen atoms in total. The van der Waals surface area contributed by atoms with Crippen LogP contribution in [0.2, 0.25) is 5.02 Å². The molecule has 82 valence electrons. The van der Waals surface area contributed by atoms with E-state index in [0.717, 1.165) is 0 Å². The number of amides is 1. The van der Waals surface area contributed by atoms with Crippen LogP contribution in [-0.4, -0.2) is 16.2 Å². The number of rotatable bonds is 3. The number of halogens is 4. The Labute approximate surface area is 107 Å². The zero-order valence-corrected chi connectivity index (χ0v) is 10.4. The highest BCUT2D eigenvalue weighted by Crippen LogP contribution is 2.13. The fourth-order valence-electron chi connectivity index (χ4n) is 0.873. The highest BCUT2D eigenvalue weighted by atomic mass is 35.5. The van der Waals surface area contributed by atoms with Crippen LogP contribution in [0.4, 0.5) is 0 Å². The molecule has 0 saturated heterocycles. The molecule has 1 aromatic carbocycles. The van der Waals surface area contributed by atoms with Crippen molar-refractivity contribution in [3.05, 3.63) is 34.9 Å². The smallest absolute Gasteiger partial charge is 0.252 e. The molecule has 1 atom stereocenters. The predicted molar refractivity (Wildman–Crippen MR) is 64.1 cm³/mol. The van der Waals surface area contributed by atoms with E-state index in [4.69, 9.17) is 46.4 Å². The van der Waals surface area contributed by atoms with Gasteiger partial charge in [-0.05, 0) is 24.3 Å². The molecule has 0 radical (unpaired) electrons. The third-order valence-corrected chi connectivity index (χ3v) is 2.97. The maximum Gasteiger partial charge on any atom is 0.252 e. The summed E-state index contributed by atoms with van der Waals surface area (Å²) in [6, 6.07) is 6.38. The lowest BCUT2D eigenvalue weighted by Gasteiger charge is -2.12. The van der Waals surface area contributed by atoms with E-state index in [9.17, 15) is 4.79 Å². The third kappa shape index (κ3) is 4.07. The average Bonchev–Trinajstić information content (AvgIpc) is 2.18. The Balaban J connectivity index is 2.65. The lowest BCUT2D eigenvalue weighted by Crippen LogP contribution is -2.34. The second kappa shape index (κ2) is 5.80. The van der Waals surface area contributed by atoms with Gasteiger partial charge in [-0.2, -0.15) is 0 Å². The van der Waals surface area contributed by atoms with Gasteiger partial charge in [0.15, 0.2) is 0 Å². The van der Waals surface area contributed by atoms with Crippen molar-refractivity contribution in [2.45, 2.75) is 10.3 Å². The lowest BCUT2D eigenvalue weighted by molar-refractivity contribution is 0.0950. The minimum absolute atomic E-state index is 0.349. The molecule has 0 heterocycles. The largest absolute Gasteiger partial charge is 0.333 e. The van der Waals surface area contributed by atoms with Crippen molar-refractivity contribution in [2.24, 2.45) is 0 Å². The molecular formula is C9H7Cl4NO. The Hall–Kier alpha value is -0.150. The summed E-state index contributed by atoms with van der Waals surface area (Å²) in [5, 5.41) is 2.99. The normalized spacial score (nSPS) is 12.6. The van der Waals surface area contributed by atoms with Crippen molar-refractivity contribution < 1.29 is 4.79 Å². The molecular weight excluding hydrogens is 280 g/mol. The highest BCUT2D eigenvalue weighted by molar-refractivity contribution is 6.48. The molecule has 1 rings (SSSR count). The van der Waals surface area contributed by atoms with Crippen LogP contribution in [0.25, 0.3) is 0 Å². The summed E-state index contributed by atoms with van der Waals surface area (Å²) in [7, 11) is 0. The summed E-state index contributed by atoms with van der Waals surface area (Å²) in [6.45, 7) is 0. The van der Waals surface area contributed by atoms with Gasteiger partial charge >= 0.3 is 0 Å². The van der Waals surface area contributed by atoms with E-state index >= 15 is 0 Å². The zero-order chi connectivity index (χ0) is 11.4.